The quantitative estimate of drug-likeness (QED) is 0.574. The number of nitrogens with one attached hydrogen (secondary N) is 1. The largest absolute Gasteiger partial charge is 0.482 e. The van der Waals surface area contributed by atoms with Crippen LogP contribution in [-0.2, 0) is 9.59 Å². The van der Waals surface area contributed by atoms with Crippen molar-refractivity contribution in [1.82, 2.24) is 10.4 Å². The molecule has 2 amide bonds. The Bertz CT molecular complexity index is 900. The van der Waals surface area contributed by atoms with Crippen LogP contribution < -0.4 is 10.2 Å². The third kappa shape index (κ3) is 4.39. The zero-order chi connectivity index (χ0) is 18.7. The van der Waals surface area contributed by atoms with Crippen molar-refractivity contribution in [3.63, 3.8) is 0 Å². The van der Waals surface area contributed by atoms with Gasteiger partial charge in [-0.15, -0.1) is 0 Å². The predicted octanol–water partition coefficient (Wildman–Crippen LogP) is 3.90. The summed E-state index contributed by atoms with van der Waals surface area (Å²) in [5, 5.41) is 1.72. The molecule has 1 aliphatic rings. The van der Waals surface area contributed by atoms with Gasteiger partial charge in [-0.05, 0) is 42.5 Å². The first-order valence-electron chi connectivity index (χ1n) is 7.13. The van der Waals surface area contributed by atoms with Gasteiger partial charge in [0.05, 0.1) is 16.2 Å². The van der Waals surface area contributed by atoms with E-state index in [-0.39, 0.29) is 16.0 Å². The summed E-state index contributed by atoms with van der Waals surface area (Å²) in [5.41, 5.74) is 2.41. The third-order valence-electron chi connectivity index (χ3n) is 3.10. The Morgan fingerprint density at radius 2 is 2.19 bits per heavy atom. The molecule has 26 heavy (non-hydrogen) atoms. The van der Waals surface area contributed by atoms with Crippen LogP contribution >= 0.6 is 47.2 Å². The SMILES string of the molecule is O=C(COc1ccc(Cl)cc1Cl)NN1C(=O)/C(=C\c2ccco2)SC1=S. The van der Waals surface area contributed by atoms with E-state index in [1.165, 1.54) is 12.3 Å². The number of hydrogen-bond donors (Lipinski definition) is 1. The number of thioether (sulfide) groups is 1. The average molecular weight is 429 g/mol. The number of carbonyl (C=O) groups is 2. The molecule has 0 atom stereocenters. The second-order valence-electron chi connectivity index (χ2n) is 4.93. The number of nitrogens with zero attached hydrogens (tertiary/aromatic N) is 1. The molecular formula is C16H10Cl2N2O4S2. The molecule has 0 radical (unpaired) electrons. The number of ether oxygens (including phenoxy) is 1. The Balaban J connectivity index is 1.60. The summed E-state index contributed by atoms with van der Waals surface area (Å²) in [6, 6.07) is 8.03. The number of benzene rings is 1. The first kappa shape index (κ1) is 18.8. The molecule has 10 heteroatoms. The second kappa shape index (κ2) is 8.13. The molecule has 6 nitrogen and oxygen atoms in total. The number of hydrogen-bond acceptors (Lipinski definition) is 6. The van der Waals surface area contributed by atoms with Crippen molar-refractivity contribution in [2.75, 3.05) is 6.61 Å². The number of furan rings is 1. The Hall–Kier alpha value is -2.00. The van der Waals surface area contributed by atoms with E-state index >= 15 is 0 Å². The molecule has 1 aliphatic heterocycles. The highest BCUT2D eigenvalue weighted by Gasteiger charge is 2.33. The van der Waals surface area contributed by atoms with Crippen molar-refractivity contribution in [3.8, 4) is 5.75 Å². The Labute approximate surface area is 168 Å². The van der Waals surface area contributed by atoms with Crippen LogP contribution in [-0.4, -0.2) is 27.8 Å². The van der Waals surface area contributed by atoms with Crippen molar-refractivity contribution in [2.24, 2.45) is 0 Å². The number of amides is 2. The van der Waals surface area contributed by atoms with Gasteiger partial charge in [0.15, 0.2) is 10.9 Å². The minimum Gasteiger partial charge on any atom is -0.482 e. The highest BCUT2D eigenvalue weighted by atomic mass is 35.5. The van der Waals surface area contributed by atoms with Gasteiger partial charge in [0.2, 0.25) is 0 Å². The number of halogens is 2. The number of hydrazine groups is 1. The zero-order valence-electron chi connectivity index (χ0n) is 12.9. The van der Waals surface area contributed by atoms with Crippen LogP contribution in [0.15, 0.2) is 45.9 Å². The van der Waals surface area contributed by atoms with Gasteiger partial charge in [0, 0.05) is 11.1 Å². The van der Waals surface area contributed by atoms with E-state index in [4.69, 9.17) is 44.6 Å². The van der Waals surface area contributed by atoms with Gasteiger partial charge in [-0.2, -0.15) is 5.01 Å². The van der Waals surface area contributed by atoms with E-state index in [1.807, 2.05) is 0 Å². The minimum absolute atomic E-state index is 0.200. The van der Waals surface area contributed by atoms with Gasteiger partial charge >= 0.3 is 0 Å². The van der Waals surface area contributed by atoms with Gasteiger partial charge in [-0.3, -0.25) is 15.0 Å². The van der Waals surface area contributed by atoms with Gasteiger partial charge in [0.1, 0.15) is 11.5 Å². The van der Waals surface area contributed by atoms with Crippen molar-refractivity contribution < 1.29 is 18.7 Å². The summed E-state index contributed by atoms with van der Waals surface area (Å²) in [5.74, 6) is -0.201. The molecule has 0 saturated carbocycles. The molecule has 1 aromatic carbocycles. The lowest BCUT2D eigenvalue weighted by molar-refractivity contribution is -0.134. The number of thiocarbonyl (C=S) groups is 1. The van der Waals surface area contributed by atoms with E-state index in [0.717, 1.165) is 16.8 Å². The van der Waals surface area contributed by atoms with E-state index in [1.54, 1.807) is 30.3 Å². The fraction of sp³-hybridized carbons (Fsp3) is 0.0625. The van der Waals surface area contributed by atoms with Crippen molar-refractivity contribution in [3.05, 3.63) is 57.3 Å². The molecule has 2 heterocycles. The molecule has 1 fully saturated rings. The zero-order valence-corrected chi connectivity index (χ0v) is 16.0. The van der Waals surface area contributed by atoms with Crippen molar-refractivity contribution in [2.45, 2.75) is 0 Å². The van der Waals surface area contributed by atoms with E-state index in [0.29, 0.717) is 21.4 Å². The molecule has 1 N–H and O–H groups in total. The van der Waals surface area contributed by atoms with E-state index < -0.39 is 11.8 Å². The van der Waals surface area contributed by atoms with Crippen LogP contribution in [0.25, 0.3) is 6.08 Å². The van der Waals surface area contributed by atoms with Crippen LogP contribution in [0, 0.1) is 0 Å². The molecule has 2 aromatic rings. The minimum atomic E-state index is -0.563. The van der Waals surface area contributed by atoms with Crippen molar-refractivity contribution >= 4 is 69.4 Å². The highest BCUT2D eigenvalue weighted by molar-refractivity contribution is 8.26. The maximum absolute atomic E-state index is 12.4. The van der Waals surface area contributed by atoms with Gasteiger partial charge in [-0.25, -0.2) is 0 Å². The van der Waals surface area contributed by atoms with Crippen LogP contribution in [0.2, 0.25) is 10.0 Å². The number of carbonyl (C=O) groups excluding carboxylic acids is 2. The Morgan fingerprint density at radius 1 is 1.38 bits per heavy atom. The maximum Gasteiger partial charge on any atom is 0.285 e. The fourth-order valence-electron chi connectivity index (χ4n) is 1.96. The second-order valence-corrected chi connectivity index (χ2v) is 7.45. The Kier molecular flexibility index (Phi) is 5.87. The summed E-state index contributed by atoms with van der Waals surface area (Å²) in [6.07, 6.45) is 3.04. The number of rotatable bonds is 5. The lowest BCUT2D eigenvalue weighted by Gasteiger charge is -2.16. The molecule has 1 saturated heterocycles. The van der Waals surface area contributed by atoms with Crippen LogP contribution in [0.4, 0.5) is 0 Å². The summed E-state index contributed by atoms with van der Waals surface area (Å²) < 4.78 is 10.7. The first-order chi connectivity index (χ1) is 12.4. The maximum atomic E-state index is 12.4. The summed E-state index contributed by atoms with van der Waals surface area (Å²) >= 11 is 18.0. The standard InChI is InChI=1S/C16H10Cl2N2O4S2/c17-9-3-4-12(11(18)6-9)24-8-14(21)19-20-15(22)13(26-16(20)25)7-10-2-1-5-23-10/h1-7H,8H2,(H,19,21)/b13-7+. The highest BCUT2D eigenvalue weighted by Crippen LogP contribution is 2.31. The van der Waals surface area contributed by atoms with Crippen LogP contribution in [0.3, 0.4) is 0 Å². The molecule has 1 aromatic heterocycles. The van der Waals surface area contributed by atoms with Crippen LogP contribution in [0.5, 0.6) is 5.75 Å². The third-order valence-corrected chi connectivity index (χ3v) is 4.93. The average Bonchev–Trinajstić information content (AvgIpc) is 3.18. The fourth-order valence-corrected chi connectivity index (χ4v) is 3.58. The van der Waals surface area contributed by atoms with Gasteiger partial charge in [0.25, 0.3) is 11.8 Å². The monoisotopic (exact) mass is 428 g/mol. The molecule has 0 bridgehead atoms. The van der Waals surface area contributed by atoms with Gasteiger partial charge < -0.3 is 9.15 Å². The Morgan fingerprint density at radius 3 is 2.88 bits per heavy atom. The summed E-state index contributed by atoms with van der Waals surface area (Å²) in [6.45, 7) is -0.352. The molecule has 3 rings (SSSR count). The molecule has 134 valence electrons. The molecule has 0 spiro atoms. The normalized spacial score (nSPS) is 15.6. The molecule has 0 aliphatic carbocycles. The van der Waals surface area contributed by atoms with E-state index in [2.05, 4.69) is 5.43 Å². The molecule has 0 unspecified atom stereocenters. The van der Waals surface area contributed by atoms with E-state index in [9.17, 15) is 9.59 Å². The molecular weight excluding hydrogens is 419 g/mol. The summed E-state index contributed by atoms with van der Waals surface area (Å²) in [7, 11) is 0. The smallest absolute Gasteiger partial charge is 0.285 e. The predicted molar refractivity (Wildman–Crippen MR) is 104 cm³/mol. The topological polar surface area (TPSA) is 71.8 Å². The lowest BCUT2D eigenvalue weighted by Crippen LogP contribution is -2.46. The van der Waals surface area contributed by atoms with Gasteiger partial charge in [-0.1, -0.05) is 35.0 Å². The summed E-state index contributed by atoms with van der Waals surface area (Å²) in [4.78, 5) is 24.8. The van der Waals surface area contributed by atoms with Crippen molar-refractivity contribution in [1.29, 1.82) is 0 Å². The first-order valence-corrected chi connectivity index (χ1v) is 9.11. The van der Waals surface area contributed by atoms with Crippen LogP contribution in [0.1, 0.15) is 5.76 Å². The lowest BCUT2D eigenvalue weighted by atomic mass is 10.3.